The molecule has 22 heavy (non-hydrogen) atoms. The first-order chi connectivity index (χ1) is 10.8. The molecule has 0 fully saturated rings. The summed E-state index contributed by atoms with van der Waals surface area (Å²) in [5, 5.41) is 4.08. The van der Waals surface area contributed by atoms with E-state index in [1.165, 1.54) is 0 Å². The highest BCUT2D eigenvalue weighted by Gasteiger charge is 2.05. The highest BCUT2D eigenvalue weighted by Crippen LogP contribution is 2.16. The molecule has 2 aromatic heterocycles. The fourth-order valence-corrected chi connectivity index (χ4v) is 2.49. The number of para-hydroxylation sites is 1. The summed E-state index contributed by atoms with van der Waals surface area (Å²) in [6.45, 7) is 0.618. The zero-order chi connectivity index (χ0) is 15.2. The van der Waals surface area contributed by atoms with Crippen LogP contribution in [0.25, 0.3) is 10.9 Å². The Kier molecular flexibility index (Phi) is 4.49. The molecule has 3 aromatic rings. The number of hydrogen-bond acceptors (Lipinski definition) is 3. The Morgan fingerprint density at radius 3 is 2.86 bits per heavy atom. The van der Waals surface area contributed by atoms with Gasteiger partial charge >= 0.3 is 0 Å². The van der Waals surface area contributed by atoms with E-state index in [0.717, 1.165) is 28.6 Å². The third-order valence-electron chi connectivity index (χ3n) is 3.61. The Hall–Kier alpha value is -2.62. The maximum absolute atomic E-state index is 11.8. The van der Waals surface area contributed by atoms with Gasteiger partial charge in [-0.1, -0.05) is 24.3 Å². The van der Waals surface area contributed by atoms with Crippen molar-refractivity contribution >= 4 is 16.8 Å². The van der Waals surface area contributed by atoms with Crippen LogP contribution in [0.2, 0.25) is 0 Å². The molecule has 4 nitrogen and oxygen atoms in total. The van der Waals surface area contributed by atoms with E-state index in [4.69, 9.17) is 4.42 Å². The Bertz CT molecular complexity index is 745. The summed E-state index contributed by atoms with van der Waals surface area (Å²) in [4.78, 5) is 16.2. The van der Waals surface area contributed by atoms with Gasteiger partial charge in [0.1, 0.15) is 5.76 Å². The van der Waals surface area contributed by atoms with Crippen molar-refractivity contribution in [2.24, 2.45) is 0 Å². The first-order valence-corrected chi connectivity index (χ1v) is 7.44. The smallest absolute Gasteiger partial charge is 0.220 e. The molecule has 112 valence electrons. The fourth-order valence-electron chi connectivity index (χ4n) is 2.49. The van der Waals surface area contributed by atoms with Gasteiger partial charge in [0.05, 0.1) is 11.8 Å². The number of fused-ring (bicyclic) bond motifs is 1. The standard InChI is InChI=1S/C18H18N2O2/c21-17(9-8-16-7-3-13-22-16)19-12-10-15-5-1-4-14-6-2-11-20-18(14)15/h1-7,11,13H,8-10,12H2,(H,19,21). The number of rotatable bonds is 6. The molecule has 1 aromatic carbocycles. The van der Waals surface area contributed by atoms with Crippen LogP contribution in [-0.2, 0) is 17.6 Å². The zero-order valence-electron chi connectivity index (χ0n) is 12.3. The van der Waals surface area contributed by atoms with E-state index in [-0.39, 0.29) is 5.91 Å². The minimum Gasteiger partial charge on any atom is -0.469 e. The normalized spacial score (nSPS) is 10.7. The van der Waals surface area contributed by atoms with Crippen LogP contribution in [-0.4, -0.2) is 17.4 Å². The van der Waals surface area contributed by atoms with E-state index in [1.54, 1.807) is 12.5 Å². The second-order valence-electron chi connectivity index (χ2n) is 5.17. The van der Waals surface area contributed by atoms with Crippen LogP contribution in [0.3, 0.4) is 0 Å². The number of amides is 1. The molecule has 0 aliphatic rings. The number of pyridine rings is 1. The van der Waals surface area contributed by atoms with Crippen molar-refractivity contribution in [3.63, 3.8) is 0 Å². The van der Waals surface area contributed by atoms with Crippen LogP contribution in [0, 0.1) is 0 Å². The highest BCUT2D eigenvalue weighted by atomic mass is 16.3. The van der Waals surface area contributed by atoms with Crippen molar-refractivity contribution in [1.29, 1.82) is 0 Å². The van der Waals surface area contributed by atoms with Crippen LogP contribution in [0.4, 0.5) is 0 Å². The Labute approximate surface area is 129 Å². The Morgan fingerprint density at radius 2 is 2.00 bits per heavy atom. The minimum absolute atomic E-state index is 0.0459. The van der Waals surface area contributed by atoms with Gasteiger partial charge in [0.15, 0.2) is 0 Å². The SMILES string of the molecule is O=C(CCc1ccco1)NCCc1cccc2cccnc12. The number of aromatic nitrogens is 1. The van der Waals surface area contributed by atoms with Crippen LogP contribution < -0.4 is 5.32 Å². The molecule has 2 heterocycles. The second kappa shape index (κ2) is 6.89. The van der Waals surface area contributed by atoms with E-state index in [1.807, 2.05) is 36.4 Å². The molecule has 0 unspecified atom stereocenters. The van der Waals surface area contributed by atoms with E-state index in [9.17, 15) is 4.79 Å². The fraction of sp³-hybridized carbons (Fsp3) is 0.222. The van der Waals surface area contributed by atoms with Crippen LogP contribution in [0.15, 0.2) is 59.3 Å². The molecule has 0 atom stereocenters. The summed E-state index contributed by atoms with van der Waals surface area (Å²) < 4.78 is 5.22. The number of aryl methyl sites for hydroxylation is 1. The Balaban J connectivity index is 1.50. The topological polar surface area (TPSA) is 55.1 Å². The lowest BCUT2D eigenvalue weighted by atomic mass is 10.1. The van der Waals surface area contributed by atoms with Gasteiger partial charge in [0, 0.05) is 31.0 Å². The maximum Gasteiger partial charge on any atom is 0.220 e. The van der Waals surface area contributed by atoms with Crippen molar-refractivity contribution in [2.75, 3.05) is 6.54 Å². The molecule has 3 rings (SSSR count). The predicted octanol–water partition coefficient (Wildman–Crippen LogP) is 3.12. The monoisotopic (exact) mass is 294 g/mol. The summed E-state index contributed by atoms with van der Waals surface area (Å²) in [6.07, 6.45) is 5.28. The number of carbonyl (C=O) groups is 1. The summed E-state index contributed by atoms with van der Waals surface area (Å²) in [5.41, 5.74) is 2.17. The molecule has 0 spiro atoms. The van der Waals surface area contributed by atoms with E-state index in [0.29, 0.717) is 19.4 Å². The molecule has 0 saturated carbocycles. The van der Waals surface area contributed by atoms with Crippen LogP contribution in [0.5, 0.6) is 0 Å². The molecule has 1 amide bonds. The van der Waals surface area contributed by atoms with E-state index < -0.39 is 0 Å². The highest BCUT2D eigenvalue weighted by molar-refractivity contribution is 5.81. The lowest BCUT2D eigenvalue weighted by Gasteiger charge is -2.07. The first-order valence-electron chi connectivity index (χ1n) is 7.44. The quantitative estimate of drug-likeness (QED) is 0.760. The molecule has 0 saturated heterocycles. The number of nitrogens with one attached hydrogen (secondary N) is 1. The molecule has 0 aliphatic heterocycles. The number of benzene rings is 1. The summed E-state index contributed by atoms with van der Waals surface area (Å²) in [7, 11) is 0. The van der Waals surface area contributed by atoms with Gasteiger partial charge in [-0.25, -0.2) is 0 Å². The van der Waals surface area contributed by atoms with Crippen molar-refractivity contribution in [3.8, 4) is 0 Å². The summed E-state index contributed by atoms with van der Waals surface area (Å²) >= 11 is 0. The van der Waals surface area contributed by atoms with Gasteiger partial charge in [-0.2, -0.15) is 0 Å². The van der Waals surface area contributed by atoms with E-state index in [2.05, 4.69) is 16.4 Å². The number of hydrogen-bond donors (Lipinski definition) is 1. The van der Waals surface area contributed by atoms with Gasteiger partial charge in [0.2, 0.25) is 5.91 Å². The van der Waals surface area contributed by atoms with Crippen molar-refractivity contribution in [3.05, 3.63) is 66.2 Å². The van der Waals surface area contributed by atoms with Crippen molar-refractivity contribution in [2.45, 2.75) is 19.3 Å². The summed E-state index contributed by atoms with van der Waals surface area (Å²) in [6, 6.07) is 13.8. The van der Waals surface area contributed by atoms with Crippen molar-refractivity contribution in [1.82, 2.24) is 10.3 Å². The van der Waals surface area contributed by atoms with E-state index >= 15 is 0 Å². The van der Waals surface area contributed by atoms with Gasteiger partial charge in [-0.15, -0.1) is 0 Å². The van der Waals surface area contributed by atoms with Crippen LogP contribution >= 0.6 is 0 Å². The molecule has 4 heteroatoms. The molecular weight excluding hydrogens is 276 g/mol. The molecular formula is C18H18N2O2. The maximum atomic E-state index is 11.8. The molecule has 0 bridgehead atoms. The lowest BCUT2D eigenvalue weighted by molar-refractivity contribution is -0.121. The largest absolute Gasteiger partial charge is 0.469 e. The third kappa shape index (κ3) is 3.52. The predicted molar refractivity (Wildman–Crippen MR) is 85.5 cm³/mol. The van der Waals surface area contributed by atoms with Gasteiger partial charge in [-0.3, -0.25) is 9.78 Å². The van der Waals surface area contributed by atoms with Gasteiger partial charge < -0.3 is 9.73 Å². The number of nitrogens with zero attached hydrogens (tertiary/aromatic N) is 1. The molecule has 0 aliphatic carbocycles. The second-order valence-corrected chi connectivity index (χ2v) is 5.17. The average molecular weight is 294 g/mol. The van der Waals surface area contributed by atoms with Gasteiger partial charge in [-0.05, 0) is 30.2 Å². The minimum atomic E-state index is 0.0459. The third-order valence-corrected chi connectivity index (χ3v) is 3.61. The number of carbonyl (C=O) groups excluding carboxylic acids is 1. The lowest BCUT2D eigenvalue weighted by Crippen LogP contribution is -2.25. The van der Waals surface area contributed by atoms with Crippen molar-refractivity contribution < 1.29 is 9.21 Å². The molecule has 0 radical (unpaired) electrons. The summed E-state index contributed by atoms with van der Waals surface area (Å²) in [5.74, 6) is 0.887. The molecule has 1 N–H and O–H groups in total. The number of furan rings is 1. The Morgan fingerprint density at radius 1 is 1.09 bits per heavy atom. The van der Waals surface area contributed by atoms with Crippen LogP contribution in [0.1, 0.15) is 17.7 Å². The first kappa shape index (κ1) is 14.3. The van der Waals surface area contributed by atoms with Gasteiger partial charge in [0.25, 0.3) is 0 Å². The zero-order valence-corrected chi connectivity index (χ0v) is 12.3. The average Bonchev–Trinajstić information content (AvgIpc) is 3.07.